The summed E-state index contributed by atoms with van der Waals surface area (Å²) >= 11 is 1.74. The zero-order valence-corrected chi connectivity index (χ0v) is 13.9. The highest BCUT2D eigenvalue weighted by atomic mass is 32.1. The Bertz CT molecular complexity index is 941. The smallest absolute Gasteiger partial charge is 0.276 e. The lowest BCUT2D eigenvalue weighted by Crippen LogP contribution is -2.36. The summed E-state index contributed by atoms with van der Waals surface area (Å²) in [6.45, 7) is 1.39. The molecule has 0 bridgehead atoms. The zero-order chi connectivity index (χ0) is 16.1. The maximum absolute atomic E-state index is 13.0. The monoisotopic (exact) mass is 336 g/mol. The van der Waals surface area contributed by atoms with Crippen molar-refractivity contribution in [3.8, 4) is 11.3 Å². The Morgan fingerprint density at radius 2 is 2.00 bits per heavy atom. The Labute approximate surface area is 143 Å². The zero-order valence-electron chi connectivity index (χ0n) is 13.1. The summed E-state index contributed by atoms with van der Waals surface area (Å²) in [4.78, 5) is 16.2. The second-order valence-corrected chi connectivity index (χ2v) is 7.34. The molecule has 2 aromatic heterocycles. The third-order valence-electron chi connectivity index (χ3n) is 5.00. The van der Waals surface area contributed by atoms with Gasteiger partial charge in [0.15, 0.2) is 11.5 Å². The molecule has 1 aliphatic heterocycles. The van der Waals surface area contributed by atoms with Crippen LogP contribution < -0.4 is 0 Å². The van der Waals surface area contributed by atoms with E-state index in [-0.39, 0.29) is 5.91 Å². The van der Waals surface area contributed by atoms with Gasteiger partial charge in [-0.3, -0.25) is 4.79 Å². The Balaban J connectivity index is 1.48. The predicted octanol–water partition coefficient (Wildman–Crippen LogP) is 3.70. The first-order valence-electron chi connectivity index (χ1n) is 8.22. The molecule has 2 aliphatic rings. The largest absolute Gasteiger partial charge is 0.355 e. The number of nitrogens with zero attached hydrogens (tertiary/aromatic N) is 2. The van der Waals surface area contributed by atoms with Crippen molar-refractivity contribution >= 4 is 17.2 Å². The van der Waals surface area contributed by atoms with Gasteiger partial charge in [0.1, 0.15) is 0 Å². The SMILES string of the molecule is O=C(c1noc2c1CCc1sccc1-2)N1CCc2ccccc2C1. The molecule has 0 radical (unpaired) electrons. The molecular weight excluding hydrogens is 320 g/mol. The number of fused-ring (bicyclic) bond motifs is 4. The van der Waals surface area contributed by atoms with Crippen LogP contribution in [0.2, 0.25) is 0 Å². The number of benzene rings is 1. The average Bonchev–Trinajstić information content (AvgIpc) is 3.26. The minimum Gasteiger partial charge on any atom is -0.355 e. The molecule has 1 aromatic carbocycles. The molecule has 5 rings (SSSR count). The van der Waals surface area contributed by atoms with Crippen LogP contribution in [0.1, 0.15) is 32.1 Å². The van der Waals surface area contributed by atoms with E-state index in [0.717, 1.165) is 42.7 Å². The molecule has 4 nitrogen and oxygen atoms in total. The summed E-state index contributed by atoms with van der Waals surface area (Å²) in [6, 6.07) is 10.4. The molecule has 3 aromatic rings. The van der Waals surface area contributed by atoms with E-state index in [1.165, 1.54) is 16.0 Å². The molecule has 0 saturated heterocycles. The van der Waals surface area contributed by atoms with E-state index in [1.54, 1.807) is 11.3 Å². The van der Waals surface area contributed by atoms with Crippen molar-refractivity contribution in [1.82, 2.24) is 10.1 Å². The number of aromatic nitrogens is 1. The fourth-order valence-electron chi connectivity index (χ4n) is 3.71. The van der Waals surface area contributed by atoms with Crippen LogP contribution in [0, 0.1) is 0 Å². The summed E-state index contributed by atoms with van der Waals surface area (Å²) in [6.07, 6.45) is 2.69. The molecular formula is C19H16N2O2S. The summed E-state index contributed by atoms with van der Waals surface area (Å²) in [7, 11) is 0. The highest BCUT2D eigenvalue weighted by Crippen LogP contribution is 2.38. The van der Waals surface area contributed by atoms with E-state index in [2.05, 4.69) is 34.8 Å². The van der Waals surface area contributed by atoms with Crippen LogP contribution in [0.5, 0.6) is 0 Å². The van der Waals surface area contributed by atoms with Gasteiger partial charge in [0.25, 0.3) is 5.91 Å². The summed E-state index contributed by atoms with van der Waals surface area (Å²) in [5.41, 5.74) is 5.16. The molecule has 0 spiro atoms. The molecule has 1 aliphatic carbocycles. The minimum absolute atomic E-state index is 0.00631. The third kappa shape index (κ3) is 2.04. The van der Waals surface area contributed by atoms with Gasteiger partial charge in [0.2, 0.25) is 0 Å². The van der Waals surface area contributed by atoms with Gasteiger partial charge in [-0.2, -0.15) is 0 Å². The van der Waals surface area contributed by atoms with Crippen LogP contribution in [0.4, 0.5) is 0 Å². The molecule has 24 heavy (non-hydrogen) atoms. The first-order chi connectivity index (χ1) is 11.8. The van der Waals surface area contributed by atoms with Gasteiger partial charge in [0, 0.05) is 29.1 Å². The van der Waals surface area contributed by atoms with Crippen LogP contribution in [0.3, 0.4) is 0 Å². The highest BCUT2D eigenvalue weighted by Gasteiger charge is 2.31. The first kappa shape index (κ1) is 14.0. The van der Waals surface area contributed by atoms with E-state index in [4.69, 9.17) is 4.52 Å². The van der Waals surface area contributed by atoms with Crippen LogP contribution in [-0.4, -0.2) is 22.5 Å². The van der Waals surface area contributed by atoms with Crippen molar-refractivity contribution in [2.45, 2.75) is 25.8 Å². The van der Waals surface area contributed by atoms with Crippen molar-refractivity contribution in [2.24, 2.45) is 0 Å². The molecule has 5 heteroatoms. The fraction of sp³-hybridized carbons (Fsp3) is 0.263. The van der Waals surface area contributed by atoms with Crippen LogP contribution >= 0.6 is 11.3 Å². The lowest BCUT2D eigenvalue weighted by Gasteiger charge is -2.28. The van der Waals surface area contributed by atoms with Gasteiger partial charge in [-0.25, -0.2) is 0 Å². The van der Waals surface area contributed by atoms with E-state index in [9.17, 15) is 4.79 Å². The van der Waals surface area contributed by atoms with Crippen LogP contribution in [0.15, 0.2) is 40.2 Å². The van der Waals surface area contributed by atoms with Crippen molar-refractivity contribution in [3.63, 3.8) is 0 Å². The third-order valence-corrected chi connectivity index (χ3v) is 5.98. The number of rotatable bonds is 1. The predicted molar refractivity (Wildman–Crippen MR) is 92.1 cm³/mol. The van der Waals surface area contributed by atoms with Crippen molar-refractivity contribution in [2.75, 3.05) is 6.54 Å². The van der Waals surface area contributed by atoms with Gasteiger partial charge in [-0.05, 0) is 41.8 Å². The number of hydrogen-bond donors (Lipinski definition) is 0. The van der Waals surface area contributed by atoms with Crippen molar-refractivity contribution < 1.29 is 9.32 Å². The molecule has 0 N–H and O–H groups in total. The molecule has 0 fully saturated rings. The number of aryl methyl sites for hydroxylation is 1. The number of carbonyl (C=O) groups is 1. The van der Waals surface area contributed by atoms with Crippen molar-refractivity contribution in [3.05, 3.63) is 63.0 Å². The normalized spacial score (nSPS) is 15.6. The minimum atomic E-state index is -0.00631. The summed E-state index contributed by atoms with van der Waals surface area (Å²) in [5, 5.41) is 6.22. The quantitative estimate of drug-likeness (QED) is 0.681. The number of thiophene rings is 1. The molecule has 0 saturated carbocycles. The molecule has 0 unspecified atom stereocenters. The van der Waals surface area contributed by atoms with Crippen LogP contribution in [0.25, 0.3) is 11.3 Å². The van der Waals surface area contributed by atoms with Gasteiger partial charge in [0.05, 0.1) is 0 Å². The first-order valence-corrected chi connectivity index (χ1v) is 9.10. The highest BCUT2D eigenvalue weighted by molar-refractivity contribution is 7.10. The Morgan fingerprint density at radius 1 is 1.12 bits per heavy atom. The maximum atomic E-state index is 13.0. The Morgan fingerprint density at radius 3 is 2.92 bits per heavy atom. The standard InChI is InChI=1S/C19H16N2O2S/c22-19(21-9-7-12-3-1-2-4-13(12)11-21)17-15-5-6-16-14(8-10-24-16)18(15)23-20-17/h1-4,8,10H,5-7,9,11H2. The summed E-state index contributed by atoms with van der Waals surface area (Å²) < 4.78 is 5.56. The second-order valence-electron chi connectivity index (χ2n) is 6.34. The number of amides is 1. The number of carbonyl (C=O) groups excluding carboxylic acids is 1. The maximum Gasteiger partial charge on any atom is 0.276 e. The lowest BCUT2D eigenvalue weighted by atomic mass is 9.94. The average molecular weight is 336 g/mol. The molecule has 1 amide bonds. The molecule has 0 atom stereocenters. The van der Waals surface area contributed by atoms with Gasteiger partial charge in [-0.15, -0.1) is 11.3 Å². The molecule has 3 heterocycles. The Kier molecular flexibility index (Phi) is 3.10. The second kappa shape index (κ2) is 5.31. The topological polar surface area (TPSA) is 46.3 Å². The lowest BCUT2D eigenvalue weighted by molar-refractivity contribution is 0.0723. The van der Waals surface area contributed by atoms with Gasteiger partial charge in [-0.1, -0.05) is 29.4 Å². The fourth-order valence-corrected chi connectivity index (χ4v) is 4.59. The van der Waals surface area contributed by atoms with E-state index in [0.29, 0.717) is 12.2 Å². The van der Waals surface area contributed by atoms with Gasteiger partial charge < -0.3 is 9.42 Å². The van der Waals surface area contributed by atoms with E-state index < -0.39 is 0 Å². The van der Waals surface area contributed by atoms with Crippen molar-refractivity contribution in [1.29, 1.82) is 0 Å². The van der Waals surface area contributed by atoms with E-state index >= 15 is 0 Å². The van der Waals surface area contributed by atoms with E-state index in [1.807, 2.05) is 11.0 Å². The summed E-state index contributed by atoms with van der Waals surface area (Å²) in [5.74, 6) is 0.784. The number of hydrogen-bond acceptors (Lipinski definition) is 4. The Hall–Kier alpha value is -2.40. The van der Waals surface area contributed by atoms with Gasteiger partial charge >= 0.3 is 0 Å². The van der Waals surface area contributed by atoms with Crippen LogP contribution in [-0.2, 0) is 25.8 Å². The molecule has 120 valence electrons.